The molecular formula is C37H38O4. The van der Waals surface area contributed by atoms with E-state index in [9.17, 15) is 9.59 Å². The van der Waals surface area contributed by atoms with Crippen molar-refractivity contribution in [3.05, 3.63) is 130 Å². The molecule has 210 valence electrons. The van der Waals surface area contributed by atoms with Crippen molar-refractivity contribution in [2.24, 2.45) is 0 Å². The highest BCUT2D eigenvalue weighted by Crippen LogP contribution is 2.53. The van der Waals surface area contributed by atoms with Gasteiger partial charge in [0.1, 0.15) is 11.5 Å². The maximum Gasteiger partial charge on any atom is 0.343 e. The number of Topliss-reactive ketones (excluding diaryl/α,β-unsaturated/α-hetero) is 1. The van der Waals surface area contributed by atoms with Gasteiger partial charge in [0.15, 0.2) is 5.78 Å². The Morgan fingerprint density at radius 3 is 1.78 bits per heavy atom. The van der Waals surface area contributed by atoms with Crippen LogP contribution < -0.4 is 9.47 Å². The molecule has 41 heavy (non-hydrogen) atoms. The lowest BCUT2D eigenvalue weighted by atomic mass is 9.75. The monoisotopic (exact) mass is 546 g/mol. The highest BCUT2D eigenvalue weighted by Gasteiger charge is 2.45. The molecule has 1 aliphatic carbocycles. The fourth-order valence-corrected chi connectivity index (χ4v) is 6.40. The van der Waals surface area contributed by atoms with Crippen LogP contribution >= 0.6 is 0 Å². The van der Waals surface area contributed by atoms with Crippen LogP contribution in [0.4, 0.5) is 0 Å². The molecule has 1 atom stereocenters. The molecule has 0 bridgehead atoms. The molecular weight excluding hydrogens is 508 g/mol. The molecule has 0 N–H and O–H groups in total. The van der Waals surface area contributed by atoms with E-state index in [1.807, 2.05) is 72.8 Å². The number of hydrogen-bond donors (Lipinski definition) is 0. The second kappa shape index (κ2) is 10.3. The summed E-state index contributed by atoms with van der Waals surface area (Å²) < 4.78 is 11.0. The van der Waals surface area contributed by atoms with Crippen LogP contribution in [0.15, 0.2) is 91.0 Å². The number of hydrogen-bond acceptors (Lipinski definition) is 4. The summed E-state index contributed by atoms with van der Waals surface area (Å²) in [5.41, 5.74) is 6.57. The van der Waals surface area contributed by atoms with Gasteiger partial charge in [-0.2, -0.15) is 0 Å². The first-order chi connectivity index (χ1) is 19.3. The number of ether oxygens (including phenoxy) is 2. The van der Waals surface area contributed by atoms with E-state index in [1.54, 1.807) is 14.0 Å². The van der Waals surface area contributed by atoms with Crippen LogP contribution in [0.1, 0.15) is 96.5 Å². The van der Waals surface area contributed by atoms with Gasteiger partial charge in [-0.25, -0.2) is 4.79 Å². The number of carbonyl (C=O) groups excluding carboxylic acids is 2. The lowest BCUT2D eigenvalue weighted by Gasteiger charge is -2.28. The van der Waals surface area contributed by atoms with Crippen LogP contribution in [0.3, 0.4) is 0 Å². The molecule has 0 aliphatic heterocycles. The molecule has 1 aliphatic rings. The SMILES string of the molecule is COc1ccc(C(C)(C)c2ccc(OC(=O)c3ccc(C4(C)CC(C)(C)c5ccc(C(C)=O)cc54)cc3)cc2)cc1. The standard InChI is InChI=1S/C37H38O4/c1-24(38)26-10-21-32-33(22-26)37(6,23-35(32,2)3)29-11-8-25(9-12-29)34(39)41-31-19-15-28(16-20-31)36(4,5)27-13-17-30(40-7)18-14-27/h8-22H,23H2,1-7H3. The molecule has 0 heterocycles. The number of fused-ring (bicyclic) bond motifs is 1. The van der Waals surface area contributed by atoms with Gasteiger partial charge < -0.3 is 9.47 Å². The van der Waals surface area contributed by atoms with Crippen molar-refractivity contribution in [3.63, 3.8) is 0 Å². The molecule has 0 radical (unpaired) electrons. The minimum absolute atomic E-state index is 0.0227. The Bertz CT molecular complexity index is 1590. The Morgan fingerprint density at radius 2 is 1.24 bits per heavy atom. The van der Waals surface area contributed by atoms with Gasteiger partial charge in [-0.3, -0.25) is 4.79 Å². The topological polar surface area (TPSA) is 52.6 Å². The lowest BCUT2D eigenvalue weighted by molar-refractivity contribution is 0.0734. The van der Waals surface area contributed by atoms with Crippen molar-refractivity contribution in [2.75, 3.05) is 7.11 Å². The molecule has 4 heteroatoms. The summed E-state index contributed by atoms with van der Waals surface area (Å²) in [5.74, 6) is 1.00. The first kappa shape index (κ1) is 28.4. The van der Waals surface area contributed by atoms with Gasteiger partial charge in [0.05, 0.1) is 12.7 Å². The van der Waals surface area contributed by atoms with Crippen LogP contribution in [0.5, 0.6) is 11.5 Å². The Hall–Kier alpha value is -4.18. The Morgan fingerprint density at radius 1 is 0.707 bits per heavy atom. The molecule has 0 fully saturated rings. The smallest absolute Gasteiger partial charge is 0.343 e. The van der Waals surface area contributed by atoms with E-state index in [2.05, 4.69) is 52.8 Å². The average Bonchev–Trinajstić information content (AvgIpc) is 3.18. The zero-order chi connectivity index (χ0) is 29.6. The third-order valence-corrected chi connectivity index (χ3v) is 8.90. The van der Waals surface area contributed by atoms with E-state index < -0.39 is 5.97 Å². The minimum Gasteiger partial charge on any atom is -0.497 e. The van der Waals surface area contributed by atoms with Gasteiger partial charge in [0.2, 0.25) is 0 Å². The Balaban J connectivity index is 1.33. The van der Waals surface area contributed by atoms with E-state index in [-0.39, 0.29) is 22.0 Å². The van der Waals surface area contributed by atoms with E-state index in [1.165, 1.54) is 16.7 Å². The third kappa shape index (κ3) is 5.19. The van der Waals surface area contributed by atoms with Gasteiger partial charge in [-0.05, 0) is 89.0 Å². The molecule has 0 amide bonds. The quantitative estimate of drug-likeness (QED) is 0.133. The Labute approximate surface area is 243 Å². The average molecular weight is 547 g/mol. The number of ketones is 1. The molecule has 4 aromatic rings. The van der Waals surface area contributed by atoms with Crippen LogP contribution in [0, 0.1) is 0 Å². The first-order valence-electron chi connectivity index (χ1n) is 14.1. The maximum atomic E-state index is 13.0. The number of methoxy groups -OCH3 is 1. The lowest BCUT2D eigenvalue weighted by Crippen LogP contribution is -2.23. The second-order valence-electron chi connectivity index (χ2n) is 12.6. The molecule has 0 aromatic heterocycles. The summed E-state index contributed by atoms with van der Waals surface area (Å²) in [6.07, 6.45) is 0.916. The summed E-state index contributed by atoms with van der Waals surface area (Å²) in [5, 5.41) is 0. The van der Waals surface area contributed by atoms with Gasteiger partial charge >= 0.3 is 5.97 Å². The molecule has 0 spiro atoms. The van der Waals surface area contributed by atoms with Crippen molar-refractivity contribution in [2.45, 2.75) is 64.2 Å². The second-order valence-corrected chi connectivity index (χ2v) is 12.6. The van der Waals surface area contributed by atoms with Gasteiger partial charge in [0.25, 0.3) is 0 Å². The molecule has 5 rings (SSSR count). The number of benzene rings is 4. The molecule has 1 unspecified atom stereocenters. The number of esters is 1. The predicted octanol–water partition coefficient (Wildman–Crippen LogP) is 8.43. The maximum absolute atomic E-state index is 13.0. The highest BCUT2D eigenvalue weighted by atomic mass is 16.5. The van der Waals surface area contributed by atoms with Gasteiger partial charge in [-0.15, -0.1) is 0 Å². The van der Waals surface area contributed by atoms with Crippen LogP contribution in [-0.4, -0.2) is 18.9 Å². The zero-order valence-corrected chi connectivity index (χ0v) is 25.0. The predicted molar refractivity (Wildman–Crippen MR) is 164 cm³/mol. The summed E-state index contributed by atoms with van der Waals surface area (Å²) in [4.78, 5) is 25.2. The molecule has 4 nitrogen and oxygen atoms in total. The summed E-state index contributed by atoms with van der Waals surface area (Å²) in [6, 6.07) is 29.6. The fourth-order valence-electron chi connectivity index (χ4n) is 6.40. The van der Waals surface area contributed by atoms with E-state index in [0.29, 0.717) is 11.3 Å². The van der Waals surface area contributed by atoms with E-state index in [4.69, 9.17) is 9.47 Å². The van der Waals surface area contributed by atoms with E-state index >= 15 is 0 Å². The van der Waals surface area contributed by atoms with Crippen molar-refractivity contribution < 1.29 is 19.1 Å². The summed E-state index contributed by atoms with van der Waals surface area (Å²) >= 11 is 0. The minimum atomic E-state index is -0.394. The van der Waals surface area contributed by atoms with Crippen LogP contribution in [0.2, 0.25) is 0 Å². The fraction of sp³-hybridized carbons (Fsp3) is 0.297. The highest BCUT2D eigenvalue weighted by molar-refractivity contribution is 5.94. The van der Waals surface area contributed by atoms with Crippen LogP contribution in [0.25, 0.3) is 0 Å². The van der Waals surface area contributed by atoms with Crippen molar-refractivity contribution in [1.29, 1.82) is 0 Å². The summed E-state index contributed by atoms with van der Waals surface area (Å²) in [6.45, 7) is 12.7. The number of rotatable bonds is 7. The number of carbonyl (C=O) groups is 2. The molecule has 4 aromatic carbocycles. The summed E-state index contributed by atoms with van der Waals surface area (Å²) in [7, 11) is 1.66. The van der Waals surface area contributed by atoms with E-state index in [0.717, 1.165) is 28.9 Å². The Kier molecular flexibility index (Phi) is 7.15. The molecule has 0 saturated heterocycles. The van der Waals surface area contributed by atoms with Crippen molar-refractivity contribution in [1.82, 2.24) is 0 Å². The normalized spacial score (nSPS) is 17.5. The third-order valence-electron chi connectivity index (χ3n) is 8.90. The van der Waals surface area contributed by atoms with Crippen molar-refractivity contribution in [3.8, 4) is 11.5 Å². The first-order valence-corrected chi connectivity index (χ1v) is 14.1. The van der Waals surface area contributed by atoms with Gasteiger partial charge in [0, 0.05) is 16.4 Å². The van der Waals surface area contributed by atoms with Crippen molar-refractivity contribution >= 4 is 11.8 Å². The largest absolute Gasteiger partial charge is 0.497 e. The molecule has 0 saturated carbocycles. The zero-order valence-electron chi connectivity index (χ0n) is 25.0. The van der Waals surface area contributed by atoms with Gasteiger partial charge in [-0.1, -0.05) is 83.1 Å². The van der Waals surface area contributed by atoms with Crippen LogP contribution in [-0.2, 0) is 16.2 Å².